The number of halogens is 1. The zero-order valence-electron chi connectivity index (χ0n) is 20.6. The van der Waals surface area contributed by atoms with Gasteiger partial charge in [-0.3, -0.25) is 4.79 Å². The highest BCUT2D eigenvalue weighted by Gasteiger charge is 2.31. The molecular formula is C27H36FN3O3. The van der Waals surface area contributed by atoms with Crippen molar-refractivity contribution >= 4 is 11.6 Å². The SMILES string of the molecule is C=C(NC(C)=O)c1ccc(O[C@@H]2CCC(c3nc(CC(C)CCC(C)(C)O)ncc3F)C2)cc1. The van der Waals surface area contributed by atoms with Gasteiger partial charge in [0.2, 0.25) is 5.91 Å². The predicted octanol–water partition coefficient (Wildman–Crippen LogP) is 5.17. The number of ether oxygens (including phenoxy) is 1. The van der Waals surface area contributed by atoms with Crippen molar-refractivity contribution in [3.8, 4) is 5.75 Å². The zero-order valence-corrected chi connectivity index (χ0v) is 20.6. The third kappa shape index (κ3) is 7.62. The number of benzene rings is 1. The van der Waals surface area contributed by atoms with Crippen LogP contribution in [0.2, 0.25) is 0 Å². The second kappa shape index (κ2) is 11.1. The first-order chi connectivity index (χ1) is 16.0. The van der Waals surface area contributed by atoms with Crippen LogP contribution >= 0.6 is 0 Å². The molecule has 2 unspecified atom stereocenters. The number of rotatable bonds is 10. The summed E-state index contributed by atoms with van der Waals surface area (Å²) in [4.78, 5) is 20.0. The number of nitrogens with zero attached hydrogens (tertiary/aromatic N) is 2. The fourth-order valence-electron chi connectivity index (χ4n) is 4.32. The molecule has 7 heteroatoms. The summed E-state index contributed by atoms with van der Waals surface area (Å²) >= 11 is 0. The number of hydrogen-bond donors (Lipinski definition) is 2. The van der Waals surface area contributed by atoms with Gasteiger partial charge < -0.3 is 15.2 Å². The Kier molecular flexibility index (Phi) is 8.42. The smallest absolute Gasteiger partial charge is 0.221 e. The van der Waals surface area contributed by atoms with E-state index in [1.165, 1.54) is 13.1 Å². The summed E-state index contributed by atoms with van der Waals surface area (Å²) in [5, 5.41) is 12.6. The topological polar surface area (TPSA) is 84.3 Å². The third-order valence-electron chi connectivity index (χ3n) is 6.20. The Hall–Kier alpha value is -2.80. The van der Waals surface area contributed by atoms with Gasteiger partial charge in [-0.15, -0.1) is 0 Å². The van der Waals surface area contributed by atoms with E-state index in [-0.39, 0.29) is 23.7 Å². The maximum absolute atomic E-state index is 14.6. The van der Waals surface area contributed by atoms with Gasteiger partial charge in [0.25, 0.3) is 0 Å². The molecular weight excluding hydrogens is 433 g/mol. The summed E-state index contributed by atoms with van der Waals surface area (Å²) in [5.74, 6) is 1.16. The van der Waals surface area contributed by atoms with Crippen LogP contribution in [0.4, 0.5) is 4.39 Å². The van der Waals surface area contributed by atoms with Crippen molar-refractivity contribution in [1.82, 2.24) is 15.3 Å². The van der Waals surface area contributed by atoms with Crippen LogP contribution in [-0.2, 0) is 11.2 Å². The van der Waals surface area contributed by atoms with E-state index in [1.54, 1.807) is 0 Å². The first kappa shape index (κ1) is 25.8. The van der Waals surface area contributed by atoms with E-state index >= 15 is 0 Å². The van der Waals surface area contributed by atoms with E-state index in [9.17, 15) is 14.3 Å². The van der Waals surface area contributed by atoms with Crippen LogP contribution < -0.4 is 10.1 Å². The molecule has 3 rings (SSSR count). The van der Waals surface area contributed by atoms with E-state index in [4.69, 9.17) is 4.74 Å². The zero-order chi connectivity index (χ0) is 24.9. The highest BCUT2D eigenvalue weighted by molar-refractivity contribution is 5.84. The Bertz CT molecular complexity index is 1000. The number of aromatic nitrogens is 2. The van der Waals surface area contributed by atoms with Gasteiger partial charge >= 0.3 is 0 Å². The molecule has 34 heavy (non-hydrogen) atoms. The lowest BCUT2D eigenvalue weighted by molar-refractivity contribution is -0.117. The molecule has 0 saturated heterocycles. The highest BCUT2D eigenvalue weighted by Crippen LogP contribution is 2.37. The van der Waals surface area contributed by atoms with Gasteiger partial charge in [-0.1, -0.05) is 13.5 Å². The molecule has 184 valence electrons. The van der Waals surface area contributed by atoms with Crippen LogP contribution in [0.1, 0.15) is 82.8 Å². The molecule has 1 fully saturated rings. The maximum atomic E-state index is 14.6. The van der Waals surface area contributed by atoms with E-state index in [0.29, 0.717) is 42.4 Å². The van der Waals surface area contributed by atoms with Crippen molar-refractivity contribution in [1.29, 1.82) is 0 Å². The molecule has 1 aromatic carbocycles. The first-order valence-electron chi connectivity index (χ1n) is 12.0. The second-order valence-electron chi connectivity index (χ2n) is 10.1. The third-order valence-corrected chi connectivity index (χ3v) is 6.20. The van der Waals surface area contributed by atoms with Crippen molar-refractivity contribution in [2.75, 3.05) is 0 Å². The van der Waals surface area contributed by atoms with Gasteiger partial charge in [-0.25, -0.2) is 14.4 Å². The van der Waals surface area contributed by atoms with Crippen LogP contribution in [0, 0.1) is 11.7 Å². The Labute approximate surface area is 201 Å². The van der Waals surface area contributed by atoms with Gasteiger partial charge in [0.05, 0.1) is 23.6 Å². The van der Waals surface area contributed by atoms with Crippen LogP contribution in [0.5, 0.6) is 5.75 Å². The summed E-state index contributed by atoms with van der Waals surface area (Å²) in [6, 6.07) is 7.42. The molecule has 1 heterocycles. The second-order valence-corrected chi connectivity index (χ2v) is 10.1. The Morgan fingerprint density at radius 2 is 2.03 bits per heavy atom. The van der Waals surface area contributed by atoms with Gasteiger partial charge in [-0.2, -0.15) is 0 Å². The van der Waals surface area contributed by atoms with Crippen LogP contribution in [-0.4, -0.2) is 32.7 Å². The molecule has 1 saturated carbocycles. The molecule has 6 nitrogen and oxygen atoms in total. The lowest BCUT2D eigenvalue weighted by atomic mass is 9.94. The fraction of sp³-hybridized carbons (Fsp3) is 0.519. The normalized spacial score (nSPS) is 19.0. The molecule has 1 aliphatic carbocycles. The monoisotopic (exact) mass is 469 g/mol. The maximum Gasteiger partial charge on any atom is 0.221 e. The summed E-state index contributed by atoms with van der Waals surface area (Å²) in [5.41, 5.74) is 1.15. The molecule has 0 spiro atoms. The summed E-state index contributed by atoms with van der Waals surface area (Å²) < 4.78 is 20.7. The molecule has 2 aromatic rings. The van der Waals surface area contributed by atoms with E-state index in [2.05, 4.69) is 28.8 Å². The number of hydrogen-bond acceptors (Lipinski definition) is 5. The minimum atomic E-state index is -0.693. The first-order valence-corrected chi connectivity index (χ1v) is 12.0. The summed E-state index contributed by atoms with van der Waals surface area (Å²) in [6.07, 6.45) is 5.82. The molecule has 1 amide bonds. The Morgan fingerprint density at radius 1 is 1.32 bits per heavy atom. The Balaban J connectivity index is 1.58. The molecule has 1 aromatic heterocycles. The van der Waals surface area contributed by atoms with E-state index in [0.717, 1.165) is 30.6 Å². The summed E-state index contributed by atoms with van der Waals surface area (Å²) in [7, 11) is 0. The molecule has 0 bridgehead atoms. The predicted molar refractivity (Wildman–Crippen MR) is 131 cm³/mol. The number of amides is 1. The van der Waals surface area contributed by atoms with Crippen LogP contribution in [0.25, 0.3) is 5.70 Å². The number of aliphatic hydroxyl groups is 1. The number of carbonyl (C=O) groups excluding carboxylic acids is 1. The average molecular weight is 470 g/mol. The standard InChI is InChI=1S/C27H36FN3O3/c1-17(12-13-27(4,5)33)14-25-29-16-24(28)26(31-25)21-8-11-23(15-21)34-22-9-6-20(7-10-22)18(2)30-19(3)32/h6-7,9-10,16-17,21,23,33H,2,8,11-15H2,1,3-5H3,(H,30,32)/t17?,21?,23-/m1/s1. The average Bonchev–Trinajstić information content (AvgIpc) is 3.21. The van der Waals surface area contributed by atoms with Gasteiger partial charge in [0.1, 0.15) is 11.6 Å². The van der Waals surface area contributed by atoms with Gasteiger partial charge in [0, 0.05) is 25.0 Å². The quantitative estimate of drug-likeness (QED) is 0.502. The molecule has 3 atom stereocenters. The van der Waals surface area contributed by atoms with E-state index in [1.807, 2.05) is 38.1 Å². The highest BCUT2D eigenvalue weighted by atomic mass is 19.1. The lowest BCUT2D eigenvalue weighted by Crippen LogP contribution is -2.20. The summed E-state index contributed by atoms with van der Waals surface area (Å²) in [6.45, 7) is 11.0. The van der Waals surface area contributed by atoms with Gasteiger partial charge in [0.15, 0.2) is 5.82 Å². The van der Waals surface area contributed by atoms with Gasteiger partial charge in [-0.05, 0) is 81.7 Å². The van der Waals surface area contributed by atoms with Crippen molar-refractivity contribution in [2.24, 2.45) is 5.92 Å². The molecule has 2 N–H and O–H groups in total. The lowest BCUT2D eigenvalue weighted by Gasteiger charge is -2.20. The minimum absolute atomic E-state index is 0.00255. The minimum Gasteiger partial charge on any atom is -0.490 e. The fourth-order valence-corrected chi connectivity index (χ4v) is 4.32. The molecule has 1 aliphatic rings. The van der Waals surface area contributed by atoms with Crippen LogP contribution in [0.3, 0.4) is 0 Å². The molecule has 0 radical (unpaired) electrons. The van der Waals surface area contributed by atoms with E-state index < -0.39 is 5.60 Å². The number of carbonyl (C=O) groups is 1. The molecule has 0 aliphatic heterocycles. The van der Waals surface area contributed by atoms with Crippen LogP contribution in [0.15, 0.2) is 37.0 Å². The van der Waals surface area contributed by atoms with Crippen molar-refractivity contribution in [3.63, 3.8) is 0 Å². The van der Waals surface area contributed by atoms with Crippen molar-refractivity contribution in [2.45, 2.75) is 83.8 Å². The largest absolute Gasteiger partial charge is 0.490 e. The number of nitrogens with one attached hydrogen (secondary N) is 1. The Morgan fingerprint density at radius 3 is 2.68 bits per heavy atom. The van der Waals surface area contributed by atoms with Crippen molar-refractivity contribution < 1.29 is 19.0 Å². The van der Waals surface area contributed by atoms with Crippen molar-refractivity contribution in [3.05, 3.63) is 59.9 Å².